The summed E-state index contributed by atoms with van der Waals surface area (Å²) in [5.74, 6) is -0.712. The minimum atomic E-state index is -2.25. The lowest BCUT2D eigenvalue weighted by Gasteiger charge is -2.43. The fraction of sp³-hybridized carbons (Fsp3) is 0.130. The number of anilines is 2. The van der Waals surface area contributed by atoms with Crippen molar-refractivity contribution in [2.45, 2.75) is 18.7 Å². The largest absolute Gasteiger partial charge is 0.359 e. The second-order valence-electron chi connectivity index (χ2n) is 7.07. The maximum atomic E-state index is 13.5. The van der Waals surface area contributed by atoms with Crippen LogP contribution < -0.4 is 15.5 Å². The predicted octanol–water partition coefficient (Wildman–Crippen LogP) is 4.41. The Morgan fingerprint density at radius 3 is 2.37 bits per heavy atom. The van der Waals surface area contributed by atoms with Crippen molar-refractivity contribution in [1.29, 1.82) is 0 Å². The summed E-state index contributed by atoms with van der Waals surface area (Å²) < 4.78 is 0. The minimum absolute atomic E-state index is 0.275. The predicted molar refractivity (Wildman–Crippen MR) is 116 cm³/mol. The van der Waals surface area contributed by atoms with Gasteiger partial charge in [0, 0.05) is 16.3 Å². The Morgan fingerprint density at radius 1 is 1.03 bits per heavy atom. The Morgan fingerprint density at radius 2 is 1.67 bits per heavy atom. The number of carbonyl (C=O) groups is 2. The van der Waals surface area contributed by atoms with Gasteiger partial charge < -0.3 is 15.7 Å². The summed E-state index contributed by atoms with van der Waals surface area (Å²) in [4.78, 5) is 27.5. The fourth-order valence-electron chi connectivity index (χ4n) is 3.58. The number of rotatable bonds is 4. The van der Waals surface area contributed by atoms with E-state index in [1.54, 1.807) is 48.5 Å². The topological polar surface area (TPSA) is 81.7 Å². The summed E-state index contributed by atoms with van der Waals surface area (Å²) in [5, 5.41) is 17.8. The Labute approximate surface area is 179 Å². The maximum absolute atomic E-state index is 13.5. The SMILES string of the molecule is C[C@@H](NC(=O)[C@@]1(O)c2ccccc2NC(=O)N1c1ccc(Cl)cc1)c1ccccc1. The summed E-state index contributed by atoms with van der Waals surface area (Å²) in [6, 6.07) is 21.4. The Kier molecular flexibility index (Phi) is 5.20. The first-order chi connectivity index (χ1) is 14.4. The van der Waals surface area contributed by atoms with Crippen molar-refractivity contribution >= 4 is 34.9 Å². The van der Waals surface area contributed by atoms with Crippen LogP contribution in [0, 0.1) is 0 Å². The maximum Gasteiger partial charge on any atom is 0.329 e. The van der Waals surface area contributed by atoms with Crippen LogP contribution >= 0.6 is 11.6 Å². The standard InChI is InChI=1S/C23H20ClN3O3/c1-15(16-7-3-2-4-8-16)25-21(28)23(30)19-9-5-6-10-20(19)26-22(29)27(23)18-13-11-17(24)12-14-18/h2-15,30H,1H3,(H,25,28)(H,26,29)/t15-,23+/m1/s1. The van der Waals surface area contributed by atoms with Gasteiger partial charge in [-0.1, -0.05) is 60.1 Å². The molecule has 3 amide bonds. The number of nitrogens with zero attached hydrogens (tertiary/aromatic N) is 1. The molecular formula is C23H20ClN3O3. The van der Waals surface area contributed by atoms with Gasteiger partial charge in [0.25, 0.3) is 11.6 Å². The summed E-state index contributed by atoms with van der Waals surface area (Å²) in [6.45, 7) is 1.82. The fourth-order valence-corrected chi connectivity index (χ4v) is 3.70. The molecule has 2 atom stereocenters. The molecule has 6 nitrogen and oxygen atoms in total. The Bertz CT molecular complexity index is 1090. The Hall–Kier alpha value is -3.35. The monoisotopic (exact) mass is 421 g/mol. The molecule has 0 aromatic heterocycles. The summed E-state index contributed by atoms with van der Waals surface area (Å²) in [6.07, 6.45) is 0. The molecular weight excluding hydrogens is 402 g/mol. The first-order valence-corrected chi connectivity index (χ1v) is 9.83. The van der Waals surface area contributed by atoms with Crippen LogP contribution in [0.15, 0.2) is 78.9 Å². The van der Waals surface area contributed by atoms with Gasteiger partial charge >= 0.3 is 6.03 Å². The van der Waals surface area contributed by atoms with E-state index in [9.17, 15) is 14.7 Å². The molecule has 3 aromatic carbocycles. The molecule has 0 bridgehead atoms. The molecule has 7 heteroatoms. The van der Waals surface area contributed by atoms with Gasteiger partial charge in [-0.3, -0.25) is 9.69 Å². The molecule has 0 saturated carbocycles. The van der Waals surface area contributed by atoms with Crippen molar-refractivity contribution in [3.8, 4) is 0 Å². The first-order valence-electron chi connectivity index (χ1n) is 9.46. The molecule has 0 fully saturated rings. The molecule has 0 unspecified atom stereocenters. The van der Waals surface area contributed by atoms with Crippen LogP contribution in [0.5, 0.6) is 0 Å². The van der Waals surface area contributed by atoms with E-state index in [0.717, 1.165) is 10.5 Å². The zero-order valence-corrected chi connectivity index (χ0v) is 16.9. The van der Waals surface area contributed by atoms with Crippen molar-refractivity contribution < 1.29 is 14.7 Å². The lowest BCUT2D eigenvalue weighted by Crippen LogP contribution is -2.62. The van der Waals surface area contributed by atoms with Crippen LogP contribution in [0.3, 0.4) is 0 Å². The first kappa shape index (κ1) is 19.9. The molecule has 3 N–H and O–H groups in total. The lowest BCUT2D eigenvalue weighted by atomic mass is 9.94. The molecule has 152 valence electrons. The highest BCUT2D eigenvalue weighted by Gasteiger charge is 2.52. The normalized spacial score (nSPS) is 18.9. The highest BCUT2D eigenvalue weighted by molar-refractivity contribution is 6.30. The van der Waals surface area contributed by atoms with Crippen molar-refractivity contribution in [1.82, 2.24) is 5.32 Å². The number of nitrogens with one attached hydrogen (secondary N) is 2. The van der Waals surface area contributed by atoms with Crippen LogP contribution in [0.25, 0.3) is 0 Å². The van der Waals surface area contributed by atoms with E-state index in [-0.39, 0.29) is 11.6 Å². The van der Waals surface area contributed by atoms with Crippen LogP contribution in [0.2, 0.25) is 5.02 Å². The second-order valence-corrected chi connectivity index (χ2v) is 7.50. The van der Waals surface area contributed by atoms with E-state index >= 15 is 0 Å². The molecule has 3 aromatic rings. The number of fused-ring (bicyclic) bond motifs is 1. The number of urea groups is 1. The number of hydrogen-bond acceptors (Lipinski definition) is 3. The van der Waals surface area contributed by atoms with Gasteiger partial charge in [0.15, 0.2) is 0 Å². The molecule has 0 radical (unpaired) electrons. The zero-order valence-electron chi connectivity index (χ0n) is 16.2. The van der Waals surface area contributed by atoms with Gasteiger partial charge in [0.1, 0.15) is 0 Å². The third-order valence-electron chi connectivity index (χ3n) is 5.12. The highest BCUT2D eigenvalue weighted by Crippen LogP contribution is 2.40. The number of amides is 3. The van der Waals surface area contributed by atoms with E-state index in [4.69, 9.17) is 11.6 Å². The lowest BCUT2D eigenvalue weighted by molar-refractivity contribution is -0.141. The van der Waals surface area contributed by atoms with Crippen LogP contribution in [0.1, 0.15) is 24.1 Å². The molecule has 0 spiro atoms. The second kappa shape index (κ2) is 7.82. The molecule has 1 aliphatic heterocycles. The zero-order chi connectivity index (χ0) is 21.3. The number of aliphatic hydroxyl groups is 1. The van der Waals surface area contributed by atoms with Crippen molar-refractivity contribution in [3.05, 3.63) is 95.0 Å². The van der Waals surface area contributed by atoms with Gasteiger partial charge in [0.05, 0.1) is 11.7 Å². The average Bonchev–Trinajstić information content (AvgIpc) is 2.75. The Balaban J connectivity index is 1.79. The highest BCUT2D eigenvalue weighted by atomic mass is 35.5. The van der Waals surface area contributed by atoms with Crippen LogP contribution in [-0.4, -0.2) is 17.0 Å². The number of carbonyl (C=O) groups excluding carboxylic acids is 2. The van der Waals surface area contributed by atoms with Gasteiger partial charge in [-0.25, -0.2) is 4.79 Å². The number of halogens is 1. The molecule has 1 aliphatic rings. The third-order valence-corrected chi connectivity index (χ3v) is 5.37. The average molecular weight is 422 g/mol. The summed E-state index contributed by atoms with van der Waals surface area (Å²) >= 11 is 5.98. The van der Waals surface area contributed by atoms with E-state index in [1.807, 2.05) is 37.3 Å². The van der Waals surface area contributed by atoms with Crippen molar-refractivity contribution in [2.24, 2.45) is 0 Å². The summed E-state index contributed by atoms with van der Waals surface area (Å²) in [7, 11) is 0. The number of hydrogen-bond donors (Lipinski definition) is 3. The van der Waals surface area contributed by atoms with Gasteiger partial charge in [0.2, 0.25) is 0 Å². The van der Waals surface area contributed by atoms with Gasteiger partial charge in [-0.2, -0.15) is 0 Å². The van der Waals surface area contributed by atoms with Gasteiger partial charge in [-0.05, 0) is 42.8 Å². The van der Waals surface area contributed by atoms with E-state index in [1.165, 1.54) is 0 Å². The van der Waals surface area contributed by atoms with E-state index in [0.29, 0.717) is 16.4 Å². The quantitative estimate of drug-likeness (QED) is 0.583. The van der Waals surface area contributed by atoms with Crippen molar-refractivity contribution in [2.75, 3.05) is 10.2 Å². The van der Waals surface area contributed by atoms with Crippen LogP contribution in [0.4, 0.5) is 16.2 Å². The molecule has 1 heterocycles. The van der Waals surface area contributed by atoms with E-state index in [2.05, 4.69) is 10.6 Å². The molecule has 0 aliphatic carbocycles. The van der Waals surface area contributed by atoms with Crippen LogP contribution in [-0.2, 0) is 10.5 Å². The van der Waals surface area contributed by atoms with E-state index < -0.39 is 17.7 Å². The molecule has 0 saturated heterocycles. The van der Waals surface area contributed by atoms with Gasteiger partial charge in [-0.15, -0.1) is 0 Å². The minimum Gasteiger partial charge on any atom is -0.359 e. The summed E-state index contributed by atoms with van der Waals surface area (Å²) in [5.41, 5.74) is -0.400. The molecule has 4 rings (SSSR count). The third kappa shape index (κ3) is 3.40. The molecule has 30 heavy (non-hydrogen) atoms. The number of para-hydroxylation sites is 1. The van der Waals surface area contributed by atoms with Crippen molar-refractivity contribution in [3.63, 3.8) is 0 Å². The number of benzene rings is 3. The smallest absolute Gasteiger partial charge is 0.329 e.